The molecule has 3 N–H and O–H groups in total. The van der Waals surface area contributed by atoms with Crippen molar-refractivity contribution in [3.8, 4) is 17.6 Å². The third-order valence-electron chi connectivity index (χ3n) is 3.61. The highest BCUT2D eigenvalue weighted by molar-refractivity contribution is 7.92. The fraction of sp³-hybridized carbons (Fsp3) is 0.0526. The molecule has 0 aliphatic carbocycles. The summed E-state index contributed by atoms with van der Waals surface area (Å²) < 4.78 is 31.8. The lowest BCUT2D eigenvalue weighted by Gasteiger charge is -2.04. The van der Waals surface area contributed by atoms with E-state index in [4.69, 9.17) is 9.63 Å². The van der Waals surface area contributed by atoms with Gasteiger partial charge in [0.2, 0.25) is 0 Å². The van der Waals surface area contributed by atoms with Gasteiger partial charge >= 0.3 is 5.97 Å². The van der Waals surface area contributed by atoms with E-state index >= 15 is 0 Å². The second-order valence-corrected chi connectivity index (χ2v) is 7.42. The molecule has 0 saturated carbocycles. The van der Waals surface area contributed by atoms with Crippen LogP contribution >= 0.6 is 0 Å². The zero-order valence-electron chi connectivity index (χ0n) is 14.5. The fourth-order valence-electron chi connectivity index (χ4n) is 2.26. The first-order valence-electron chi connectivity index (χ1n) is 7.89. The smallest absolute Gasteiger partial charge is 0.339 e. The van der Waals surface area contributed by atoms with Gasteiger partial charge in [0, 0.05) is 17.2 Å². The van der Waals surface area contributed by atoms with Gasteiger partial charge in [0.05, 0.1) is 4.90 Å². The van der Waals surface area contributed by atoms with Gasteiger partial charge in [0.15, 0.2) is 5.82 Å². The van der Waals surface area contributed by atoms with Crippen LogP contribution in [-0.4, -0.2) is 29.8 Å². The van der Waals surface area contributed by atoms with Crippen molar-refractivity contribution in [2.75, 3.05) is 4.72 Å². The first kappa shape index (κ1) is 19.0. The molecule has 0 fully saturated rings. The molecule has 0 saturated heterocycles. The van der Waals surface area contributed by atoms with Gasteiger partial charge in [-0.1, -0.05) is 17.0 Å². The van der Waals surface area contributed by atoms with E-state index < -0.39 is 16.0 Å². The number of aromatic nitrogens is 1. The maximum absolute atomic E-state index is 12.3. The minimum absolute atomic E-state index is 0.0245. The Morgan fingerprint density at radius 1 is 1.07 bits per heavy atom. The Balaban J connectivity index is 1.79. The molecule has 2 aromatic carbocycles. The number of nitrogens with zero attached hydrogens (tertiary/aromatic N) is 1. The van der Waals surface area contributed by atoms with Gasteiger partial charge in [-0.3, -0.25) is 4.72 Å². The molecule has 0 radical (unpaired) electrons. The fourth-order valence-corrected chi connectivity index (χ4v) is 3.24. The largest absolute Gasteiger partial charge is 0.507 e. The second-order valence-electron chi connectivity index (χ2n) is 5.74. The van der Waals surface area contributed by atoms with E-state index in [0.29, 0.717) is 16.9 Å². The van der Waals surface area contributed by atoms with E-state index in [1.54, 1.807) is 6.92 Å². The topological polar surface area (TPSA) is 130 Å². The van der Waals surface area contributed by atoms with Crippen molar-refractivity contribution in [3.63, 3.8) is 0 Å². The zero-order chi connectivity index (χ0) is 20.3. The summed E-state index contributed by atoms with van der Waals surface area (Å²) in [5.74, 6) is 4.54. The number of carboxylic acids is 1. The van der Waals surface area contributed by atoms with E-state index in [1.807, 2.05) is 0 Å². The Hall–Kier alpha value is -3.77. The SMILES string of the molecule is Cc1cc(NS(=O)(=O)c2ccc(C#Cc3ccc(O)c(C(=O)O)c3)cc2)no1. The summed E-state index contributed by atoms with van der Waals surface area (Å²) in [7, 11) is -3.82. The van der Waals surface area contributed by atoms with E-state index in [1.165, 1.54) is 48.5 Å². The Morgan fingerprint density at radius 2 is 1.71 bits per heavy atom. The maximum Gasteiger partial charge on any atom is 0.339 e. The van der Waals surface area contributed by atoms with Crippen LogP contribution in [-0.2, 0) is 10.0 Å². The number of carbonyl (C=O) groups is 1. The van der Waals surface area contributed by atoms with Gasteiger partial charge in [0.25, 0.3) is 10.0 Å². The Morgan fingerprint density at radius 3 is 2.32 bits per heavy atom. The summed E-state index contributed by atoms with van der Waals surface area (Å²) in [6.45, 7) is 1.64. The molecule has 3 rings (SSSR count). The first-order chi connectivity index (χ1) is 13.2. The highest BCUT2D eigenvalue weighted by Crippen LogP contribution is 2.19. The normalized spacial score (nSPS) is 10.8. The number of carboxylic acid groups (broad SMARTS) is 1. The zero-order valence-corrected chi connectivity index (χ0v) is 15.3. The van der Waals surface area contributed by atoms with Crippen LogP contribution in [0, 0.1) is 18.8 Å². The number of nitrogens with one attached hydrogen (secondary N) is 1. The molecule has 8 nitrogen and oxygen atoms in total. The van der Waals surface area contributed by atoms with Crippen molar-refractivity contribution >= 4 is 21.8 Å². The highest BCUT2D eigenvalue weighted by atomic mass is 32.2. The lowest BCUT2D eigenvalue weighted by Crippen LogP contribution is -2.13. The van der Waals surface area contributed by atoms with Crippen molar-refractivity contribution < 1.29 is 27.9 Å². The molecule has 0 spiro atoms. The van der Waals surface area contributed by atoms with Crippen LogP contribution in [0.5, 0.6) is 5.75 Å². The highest BCUT2D eigenvalue weighted by Gasteiger charge is 2.16. The van der Waals surface area contributed by atoms with Crippen molar-refractivity contribution in [2.24, 2.45) is 0 Å². The number of aromatic hydroxyl groups is 1. The Labute approximate surface area is 160 Å². The average Bonchev–Trinajstić information content (AvgIpc) is 3.05. The minimum Gasteiger partial charge on any atom is -0.507 e. The lowest BCUT2D eigenvalue weighted by molar-refractivity contribution is 0.0693. The van der Waals surface area contributed by atoms with Crippen LogP contribution in [0.3, 0.4) is 0 Å². The molecule has 3 aromatic rings. The molecule has 0 unspecified atom stereocenters. The molecule has 0 aliphatic rings. The van der Waals surface area contributed by atoms with Gasteiger partial charge < -0.3 is 14.7 Å². The van der Waals surface area contributed by atoms with E-state index in [2.05, 4.69) is 21.7 Å². The molecule has 1 aromatic heterocycles. The van der Waals surface area contributed by atoms with Crippen LogP contribution in [0.4, 0.5) is 5.82 Å². The number of rotatable bonds is 4. The van der Waals surface area contributed by atoms with Crippen molar-refractivity contribution in [1.29, 1.82) is 0 Å². The van der Waals surface area contributed by atoms with Gasteiger partial charge in [-0.05, 0) is 49.4 Å². The molecule has 28 heavy (non-hydrogen) atoms. The molecule has 0 bridgehead atoms. The van der Waals surface area contributed by atoms with Gasteiger partial charge in [-0.25, -0.2) is 13.2 Å². The van der Waals surface area contributed by atoms with Crippen LogP contribution < -0.4 is 4.72 Å². The lowest BCUT2D eigenvalue weighted by atomic mass is 10.1. The summed E-state index contributed by atoms with van der Waals surface area (Å²) in [5, 5.41) is 22.1. The predicted molar refractivity (Wildman–Crippen MR) is 99.5 cm³/mol. The Bertz CT molecular complexity index is 1200. The second kappa shape index (κ2) is 7.46. The van der Waals surface area contributed by atoms with E-state index in [-0.39, 0.29) is 22.0 Å². The molecular formula is C19H14N2O6S. The van der Waals surface area contributed by atoms with Crippen LogP contribution in [0.1, 0.15) is 27.2 Å². The summed E-state index contributed by atoms with van der Waals surface area (Å²) in [4.78, 5) is 11.1. The summed E-state index contributed by atoms with van der Waals surface area (Å²) in [6.07, 6.45) is 0. The Kier molecular flexibility index (Phi) is 5.06. The summed E-state index contributed by atoms with van der Waals surface area (Å²) >= 11 is 0. The number of hydrogen-bond acceptors (Lipinski definition) is 6. The molecule has 0 atom stereocenters. The number of anilines is 1. The monoisotopic (exact) mass is 398 g/mol. The third-order valence-corrected chi connectivity index (χ3v) is 4.98. The standard InChI is InChI=1S/C19H14N2O6S/c1-12-10-18(20-27-12)21-28(25,26)15-7-4-13(5-8-15)2-3-14-6-9-17(22)16(11-14)19(23)24/h4-11,22H,1H3,(H,20,21)(H,23,24). The molecule has 9 heteroatoms. The number of benzene rings is 2. The molecular weight excluding hydrogens is 384 g/mol. The quantitative estimate of drug-likeness (QED) is 0.576. The van der Waals surface area contributed by atoms with Gasteiger partial charge in [0.1, 0.15) is 17.1 Å². The van der Waals surface area contributed by atoms with Gasteiger partial charge in [-0.15, -0.1) is 0 Å². The number of aryl methyl sites for hydroxylation is 1. The molecule has 142 valence electrons. The van der Waals surface area contributed by atoms with Crippen LogP contribution in [0.2, 0.25) is 0 Å². The van der Waals surface area contributed by atoms with E-state index in [9.17, 15) is 18.3 Å². The number of aromatic carboxylic acids is 1. The number of hydrogen-bond donors (Lipinski definition) is 3. The summed E-state index contributed by atoms with van der Waals surface area (Å²) in [5.41, 5.74) is 0.679. The van der Waals surface area contributed by atoms with Crippen LogP contribution in [0.15, 0.2) is 57.9 Å². The average molecular weight is 398 g/mol. The molecule has 0 aliphatic heterocycles. The maximum atomic E-state index is 12.3. The minimum atomic E-state index is -3.82. The first-order valence-corrected chi connectivity index (χ1v) is 9.37. The van der Waals surface area contributed by atoms with Crippen LogP contribution in [0.25, 0.3) is 0 Å². The molecule has 1 heterocycles. The van der Waals surface area contributed by atoms with Crippen molar-refractivity contribution in [2.45, 2.75) is 11.8 Å². The van der Waals surface area contributed by atoms with E-state index in [0.717, 1.165) is 0 Å². The number of sulfonamides is 1. The third kappa shape index (κ3) is 4.31. The number of phenols is 1. The molecule has 0 amide bonds. The summed E-state index contributed by atoms with van der Waals surface area (Å²) in [6, 6.07) is 11.3. The van der Waals surface area contributed by atoms with Crippen molar-refractivity contribution in [1.82, 2.24) is 5.16 Å². The predicted octanol–water partition coefficient (Wildman–Crippen LogP) is 2.59. The van der Waals surface area contributed by atoms with Gasteiger partial charge in [-0.2, -0.15) is 0 Å². The van der Waals surface area contributed by atoms with Crippen molar-refractivity contribution in [3.05, 3.63) is 71.0 Å².